The maximum absolute atomic E-state index is 12.4. The maximum Gasteiger partial charge on any atom is 0.412 e. The monoisotopic (exact) mass is 422 g/mol. The fraction of sp³-hybridized carbons (Fsp3) is 0.0476. The van der Waals surface area contributed by atoms with Crippen LogP contribution < -0.4 is 5.32 Å². The van der Waals surface area contributed by atoms with Gasteiger partial charge in [-0.25, -0.2) is 4.79 Å². The molecule has 0 fully saturated rings. The van der Waals surface area contributed by atoms with E-state index in [1.54, 1.807) is 18.5 Å². The topological polar surface area (TPSA) is 64.4 Å². The number of nitrogens with zero attached hydrogens (tertiary/aromatic N) is 1. The molecule has 0 spiro atoms. The first-order valence-corrected chi connectivity index (χ1v) is 9.10. The van der Waals surface area contributed by atoms with E-state index in [0.717, 1.165) is 21.0 Å². The van der Waals surface area contributed by atoms with Crippen LogP contribution in [0.1, 0.15) is 5.56 Å². The number of carbonyl (C=O) groups is 1. The second kappa shape index (κ2) is 7.63. The van der Waals surface area contributed by atoms with Gasteiger partial charge in [-0.2, -0.15) is 0 Å². The zero-order valence-corrected chi connectivity index (χ0v) is 15.8. The first-order chi connectivity index (χ1) is 13.2. The van der Waals surface area contributed by atoms with Gasteiger partial charge in [0.15, 0.2) is 11.3 Å². The van der Waals surface area contributed by atoms with Gasteiger partial charge >= 0.3 is 6.09 Å². The molecular formula is C21H15BrN2O3. The van der Waals surface area contributed by atoms with Crippen molar-refractivity contribution < 1.29 is 13.9 Å². The third kappa shape index (κ3) is 3.85. The van der Waals surface area contributed by atoms with Crippen molar-refractivity contribution in [2.45, 2.75) is 6.61 Å². The third-order valence-corrected chi connectivity index (χ3v) is 4.57. The lowest BCUT2D eigenvalue weighted by Crippen LogP contribution is -2.13. The van der Waals surface area contributed by atoms with Crippen LogP contribution >= 0.6 is 15.9 Å². The number of benzene rings is 2. The molecule has 1 amide bonds. The number of anilines is 1. The Morgan fingerprint density at radius 1 is 1.07 bits per heavy atom. The zero-order valence-electron chi connectivity index (χ0n) is 14.2. The first-order valence-electron chi connectivity index (χ1n) is 8.31. The fourth-order valence-electron chi connectivity index (χ4n) is 2.74. The Morgan fingerprint density at radius 3 is 2.63 bits per heavy atom. The molecule has 0 aliphatic carbocycles. The number of halogens is 1. The fourth-order valence-corrected chi connectivity index (χ4v) is 3.01. The largest absolute Gasteiger partial charge is 0.452 e. The highest BCUT2D eigenvalue weighted by Gasteiger charge is 2.18. The van der Waals surface area contributed by atoms with Gasteiger partial charge < -0.3 is 9.15 Å². The molecule has 0 unspecified atom stereocenters. The van der Waals surface area contributed by atoms with Crippen molar-refractivity contribution in [3.05, 3.63) is 83.1 Å². The number of aromatic nitrogens is 1. The summed E-state index contributed by atoms with van der Waals surface area (Å²) in [5.74, 6) is 0.558. The summed E-state index contributed by atoms with van der Waals surface area (Å²) in [6.07, 6.45) is 2.73. The molecule has 0 saturated carbocycles. The Kier molecular flexibility index (Phi) is 4.89. The van der Waals surface area contributed by atoms with Crippen molar-refractivity contribution in [1.29, 1.82) is 0 Å². The lowest BCUT2D eigenvalue weighted by molar-refractivity contribution is 0.155. The van der Waals surface area contributed by atoms with Crippen molar-refractivity contribution in [2.75, 3.05) is 5.32 Å². The van der Waals surface area contributed by atoms with Crippen LogP contribution in [-0.2, 0) is 11.3 Å². The summed E-state index contributed by atoms with van der Waals surface area (Å²) in [5, 5.41) is 3.59. The summed E-state index contributed by atoms with van der Waals surface area (Å²) < 4.78 is 12.2. The van der Waals surface area contributed by atoms with E-state index in [0.29, 0.717) is 17.0 Å². The molecule has 4 rings (SSSR count). The molecule has 4 aromatic rings. The number of hydrogen-bond donors (Lipinski definition) is 1. The number of furan rings is 1. The van der Waals surface area contributed by atoms with Gasteiger partial charge in [0.1, 0.15) is 6.61 Å². The molecule has 2 heterocycles. The Labute approximate surface area is 164 Å². The van der Waals surface area contributed by atoms with E-state index in [1.165, 1.54) is 0 Å². The Hall–Kier alpha value is -3.12. The predicted octanol–water partition coefficient (Wildman–Crippen LogP) is 6.01. The lowest BCUT2D eigenvalue weighted by atomic mass is 10.1. The van der Waals surface area contributed by atoms with Crippen molar-refractivity contribution in [3.8, 4) is 11.3 Å². The van der Waals surface area contributed by atoms with Gasteiger partial charge in [0.25, 0.3) is 0 Å². The number of fused-ring (bicyclic) bond motifs is 1. The average Bonchev–Trinajstić information content (AvgIpc) is 3.06. The number of amides is 1. The molecule has 1 N–H and O–H groups in total. The van der Waals surface area contributed by atoms with Crippen LogP contribution in [0.4, 0.5) is 10.5 Å². The molecule has 5 nitrogen and oxygen atoms in total. The van der Waals surface area contributed by atoms with Gasteiger partial charge in [0, 0.05) is 21.6 Å². The van der Waals surface area contributed by atoms with Crippen LogP contribution in [-0.4, -0.2) is 11.1 Å². The summed E-state index contributed by atoms with van der Waals surface area (Å²) in [5.41, 5.74) is 2.91. The van der Waals surface area contributed by atoms with Crippen LogP contribution in [0.5, 0.6) is 0 Å². The van der Waals surface area contributed by atoms with E-state index in [4.69, 9.17) is 9.15 Å². The van der Waals surface area contributed by atoms with E-state index in [-0.39, 0.29) is 6.61 Å². The zero-order chi connectivity index (χ0) is 18.6. The van der Waals surface area contributed by atoms with Crippen LogP contribution in [0.2, 0.25) is 0 Å². The molecule has 134 valence electrons. The molecule has 0 bridgehead atoms. The van der Waals surface area contributed by atoms with E-state index >= 15 is 0 Å². The Balaban J connectivity index is 1.62. The third-order valence-electron chi connectivity index (χ3n) is 4.04. The first kappa shape index (κ1) is 17.3. The van der Waals surface area contributed by atoms with Gasteiger partial charge in [-0.1, -0.05) is 58.4 Å². The van der Waals surface area contributed by atoms with Crippen LogP contribution in [0.25, 0.3) is 22.3 Å². The number of ether oxygens (including phenoxy) is 1. The van der Waals surface area contributed by atoms with E-state index < -0.39 is 6.09 Å². The Morgan fingerprint density at radius 2 is 1.85 bits per heavy atom. The van der Waals surface area contributed by atoms with Crippen molar-refractivity contribution in [3.63, 3.8) is 0 Å². The van der Waals surface area contributed by atoms with E-state index in [2.05, 4.69) is 26.2 Å². The molecule has 6 heteroatoms. The number of rotatable bonds is 4. The number of pyridine rings is 1. The lowest BCUT2D eigenvalue weighted by Gasteiger charge is -2.08. The average molecular weight is 423 g/mol. The predicted molar refractivity (Wildman–Crippen MR) is 107 cm³/mol. The SMILES string of the molecule is O=C(Nc1c(-c2ccc(Br)cc2)oc2cnccc12)OCc1ccccc1. The molecule has 27 heavy (non-hydrogen) atoms. The highest BCUT2D eigenvalue weighted by molar-refractivity contribution is 9.10. The minimum Gasteiger partial charge on any atom is -0.452 e. The molecule has 2 aromatic heterocycles. The smallest absolute Gasteiger partial charge is 0.412 e. The summed E-state index contributed by atoms with van der Waals surface area (Å²) in [6, 6.07) is 19.0. The van der Waals surface area contributed by atoms with Gasteiger partial charge in [0.2, 0.25) is 0 Å². The Bertz CT molecular complexity index is 1080. The van der Waals surface area contributed by atoms with Gasteiger partial charge in [-0.15, -0.1) is 0 Å². The van der Waals surface area contributed by atoms with E-state index in [1.807, 2.05) is 54.6 Å². The molecule has 0 atom stereocenters. The molecule has 2 aromatic carbocycles. The van der Waals surface area contributed by atoms with Crippen LogP contribution in [0.3, 0.4) is 0 Å². The minimum absolute atomic E-state index is 0.192. The summed E-state index contributed by atoms with van der Waals surface area (Å²) >= 11 is 3.42. The molecular weight excluding hydrogens is 408 g/mol. The molecule has 0 radical (unpaired) electrons. The molecule has 0 aliphatic rings. The minimum atomic E-state index is -0.545. The highest BCUT2D eigenvalue weighted by atomic mass is 79.9. The second-order valence-electron chi connectivity index (χ2n) is 5.87. The van der Waals surface area contributed by atoms with Crippen molar-refractivity contribution in [1.82, 2.24) is 4.98 Å². The number of nitrogens with one attached hydrogen (secondary N) is 1. The maximum atomic E-state index is 12.4. The number of hydrogen-bond acceptors (Lipinski definition) is 4. The van der Waals surface area contributed by atoms with Gasteiger partial charge in [-0.05, 0) is 23.8 Å². The summed E-state index contributed by atoms with van der Waals surface area (Å²) in [4.78, 5) is 16.5. The van der Waals surface area contributed by atoms with Gasteiger partial charge in [0.05, 0.1) is 11.9 Å². The van der Waals surface area contributed by atoms with Crippen LogP contribution in [0, 0.1) is 0 Å². The summed E-state index contributed by atoms with van der Waals surface area (Å²) in [7, 11) is 0. The number of carbonyl (C=O) groups excluding carboxylic acids is 1. The van der Waals surface area contributed by atoms with Gasteiger partial charge in [-0.3, -0.25) is 10.3 Å². The molecule has 0 saturated heterocycles. The highest BCUT2D eigenvalue weighted by Crippen LogP contribution is 2.38. The van der Waals surface area contributed by atoms with Crippen LogP contribution in [0.15, 0.2) is 81.9 Å². The second-order valence-corrected chi connectivity index (χ2v) is 6.79. The van der Waals surface area contributed by atoms with Crippen molar-refractivity contribution >= 4 is 38.7 Å². The molecule has 0 aliphatic heterocycles. The standard InChI is InChI=1S/C21H15BrN2O3/c22-16-8-6-15(7-9-16)20-19(17-10-11-23-12-18(17)27-20)24-21(25)26-13-14-4-2-1-3-5-14/h1-12H,13H2,(H,24,25). The summed E-state index contributed by atoms with van der Waals surface area (Å²) in [6.45, 7) is 0.192. The normalized spacial score (nSPS) is 10.7. The quantitative estimate of drug-likeness (QED) is 0.437. The van der Waals surface area contributed by atoms with E-state index in [9.17, 15) is 4.79 Å². The van der Waals surface area contributed by atoms with Crippen molar-refractivity contribution in [2.24, 2.45) is 0 Å².